The van der Waals surface area contributed by atoms with E-state index in [9.17, 15) is 4.79 Å². The van der Waals surface area contributed by atoms with Crippen LogP contribution in [0.4, 0.5) is 0 Å². The quantitative estimate of drug-likeness (QED) is 0.181. The molecule has 4 nitrogen and oxygen atoms in total. The first-order chi connectivity index (χ1) is 18.1. The number of carbonyl (C=O) groups is 1. The van der Waals surface area contributed by atoms with Crippen molar-refractivity contribution < 1.29 is 14.6 Å². The molecule has 4 heteroatoms. The van der Waals surface area contributed by atoms with Gasteiger partial charge in [-0.3, -0.25) is 4.99 Å². The monoisotopic (exact) mass is 489 g/mol. The molecule has 37 heavy (non-hydrogen) atoms. The molecule has 0 amide bonds. The zero-order chi connectivity index (χ0) is 26.0. The lowest BCUT2D eigenvalue weighted by atomic mass is 9.94. The van der Waals surface area contributed by atoms with Gasteiger partial charge in [0.05, 0.1) is 5.70 Å². The Morgan fingerprint density at radius 2 is 1.46 bits per heavy atom. The Morgan fingerprint density at radius 3 is 2.14 bits per heavy atom. The topological polar surface area (TPSA) is 58.9 Å². The van der Waals surface area contributed by atoms with Gasteiger partial charge in [0.15, 0.2) is 6.61 Å². The Hall–Kier alpha value is -4.44. The van der Waals surface area contributed by atoms with Crippen LogP contribution in [0, 0.1) is 0 Å². The van der Waals surface area contributed by atoms with E-state index in [1.807, 2.05) is 61.5 Å². The minimum absolute atomic E-state index is 0.378. The molecule has 4 rings (SSSR count). The molecule has 0 unspecified atom stereocenters. The molecular formula is C33H31NO3. The van der Waals surface area contributed by atoms with Gasteiger partial charge in [-0.25, -0.2) is 4.79 Å². The fourth-order valence-corrected chi connectivity index (χ4v) is 4.37. The average molecular weight is 490 g/mol. The molecule has 0 radical (unpaired) electrons. The summed E-state index contributed by atoms with van der Waals surface area (Å²) in [5.41, 5.74) is 8.30. The second-order valence-corrected chi connectivity index (χ2v) is 8.76. The SMILES string of the molecule is CCC/C(=C(\N=C(C)c1ccccc1-c1cccc(OCC(=O)O)c1)c1ccccc1)c1ccccc1. The maximum atomic E-state index is 10.9. The highest BCUT2D eigenvalue weighted by Crippen LogP contribution is 2.33. The van der Waals surface area contributed by atoms with Gasteiger partial charge in [0, 0.05) is 16.8 Å². The van der Waals surface area contributed by atoms with Crippen LogP contribution >= 0.6 is 0 Å². The number of carboxylic acid groups (broad SMARTS) is 1. The van der Waals surface area contributed by atoms with Crippen LogP contribution in [-0.2, 0) is 4.79 Å². The molecule has 0 saturated heterocycles. The molecule has 0 saturated carbocycles. The highest BCUT2D eigenvalue weighted by atomic mass is 16.5. The Labute approximate surface area is 218 Å². The molecule has 1 N–H and O–H groups in total. The van der Waals surface area contributed by atoms with E-state index in [-0.39, 0.29) is 6.61 Å². The van der Waals surface area contributed by atoms with Crippen molar-refractivity contribution in [3.8, 4) is 16.9 Å². The third kappa shape index (κ3) is 6.62. The zero-order valence-corrected chi connectivity index (χ0v) is 21.2. The van der Waals surface area contributed by atoms with Gasteiger partial charge in [-0.05, 0) is 47.7 Å². The van der Waals surface area contributed by atoms with Gasteiger partial charge in [0.1, 0.15) is 5.75 Å². The highest BCUT2D eigenvalue weighted by molar-refractivity contribution is 6.08. The maximum absolute atomic E-state index is 10.9. The molecule has 0 bridgehead atoms. The molecule has 186 valence electrons. The summed E-state index contributed by atoms with van der Waals surface area (Å²) in [7, 11) is 0. The van der Waals surface area contributed by atoms with Crippen LogP contribution in [0.25, 0.3) is 22.4 Å². The maximum Gasteiger partial charge on any atom is 0.341 e. The predicted octanol–water partition coefficient (Wildman–Crippen LogP) is 7.99. The van der Waals surface area contributed by atoms with E-state index >= 15 is 0 Å². The number of aliphatic carboxylic acids is 1. The number of ether oxygens (including phenoxy) is 1. The predicted molar refractivity (Wildman–Crippen MR) is 152 cm³/mol. The van der Waals surface area contributed by atoms with Gasteiger partial charge in [-0.2, -0.15) is 0 Å². The van der Waals surface area contributed by atoms with Crippen LogP contribution in [0.2, 0.25) is 0 Å². The van der Waals surface area contributed by atoms with Gasteiger partial charge in [0.2, 0.25) is 0 Å². The van der Waals surface area contributed by atoms with E-state index in [1.165, 1.54) is 11.1 Å². The van der Waals surface area contributed by atoms with E-state index in [0.29, 0.717) is 5.75 Å². The van der Waals surface area contributed by atoms with E-state index in [4.69, 9.17) is 14.8 Å². The lowest BCUT2D eigenvalue weighted by Crippen LogP contribution is -2.09. The molecule has 0 aliphatic heterocycles. The van der Waals surface area contributed by atoms with Crippen molar-refractivity contribution in [2.24, 2.45) is 4.99 Å². The Balaban J connectivity index is 1.84. The number of aliphatic imine (C=N–C) groups is 1. The number of carboxylic acids is 1. The summed E-state index contributed by atoms with van der Waals surface area (Å²) >= 11 is 0. The van der Waals surface area contributed by atoms with Crippen molar-refractivity contribution in [2.75, 3.05) is 6.61 Å². The van der Waals surface area contributed by atoms with Crippen LogP contribution < -0.4 is 4.74 Å². The van der Waals surface area contributed by atoms with Crippen LogP contribution in [0.5, 0.6) is 5.75 Å². The van der Waals surface area contributed by atoms with E-state index in [2.05, 4.69) is 55.5 Å². The normalized spacial score (nSPS) is 12.1. The van der Waals surface area contributed by atoms with Crippen molar-refractivity contribution >= 4 is 23.0 Å². The fraction of sp³-hybridized carbons (Fsp3) is 0.152. The summed E-state index contributed by atoms with van der Waals surface area (Å²) in [5.74, 6) is -0.487. The largest absolute Gasteiger partial charge is 0.482 e. The van der Waals surface area contributed by atoms with Crippen LogP contribution in [0.3, 0.4) is 0 Å². The standard InChI is InChI=1S/C33H31NO3/c1-3-13-31(25-14-6-4-7-15-25)33(26-16-8-5-9-17-26)34-24(2)29-20-10-11-21-30(29)27-18-12-19-28(22-27)37-23-32(35)36/h4-12,14-22H,3,13,23H2,1-2H3,(H,35,36)/b33-31+,34-24?. The van der Waals surface area contributed by atoms with E-state index in [1.54, 1.807) is 6.07 Å². The van der Waals surface area contributed by atoms with E-state index < -0.39 is 5.97 Å². The highest BCUT2D eigenvalue weighted by Gasteiger charge is 2.14. The average Bonchev–Trinajstić information content (AvgIpc) is 2.95. The smallest absolute Gasteiger partial charge is 0.341 e. The van der Waals surface area contributed by atoms with Gasteiger partial charge in [-0.15, -0.1) is 0 Å². The molecule has 0 aliphatic rings. The number of benzene rings is 4. The third-order valence-corrected chi connectivity index (χ3v) is 6.06. The molecule has 4 aromatic rings. The summed E-state index contributed by atoms with van der Waals surface area (Å²) < 4.78 is 5.42. The molecule has 0 spiro atoms. The van der Waals surface area contributed by atoms with Crippen molar-refractivity contribution in [1.29, 1.82) is 0 Å². The number of rotatable bonds is 10. The van der Waals surface area contributed by atoms with E-state index in [0.717, 1.165) is 46.5 Å². The second kappa shape index (κ2) is 12.5. The number of hydrogen-bond donors (Lipinski definition) is 1. The minimum Gasteiger partial charge on any atom is -0.482 e. The summed E-state index contributed by atoms with van der Waals surface area (Å²) in [4.78, 5) is 16.2. The first kappa shape index (κ1) is 25.6. The molecule has 0 fully saturated rings. The summed E-state index contributed by atoms with van der Waals surface area (Å²) in [6, 6.07) is 36.5. The fourth-order valence-electron chi connectivity index (χ4n) is 4.37. The number of nitrogens with zero attached hydrogens (tertiary/aromatic N) is 1. The molecule has 0 atom stereocenters. The summed E-state index contributed by atoms with van der Waals surface area (Å²) in [6.45, 7) is 3.86. The van der Waals surface area contributed by atoms with Crippen LogP contribution in [-0.4, -0.2) is 23.4 Å². The first-order valence-electron chi connectivity index (χ1n) is 12.5. The van der Waals surface area contributed by atoms with Gasteiger partial charge >= 0.3 is 5.97 Å². The Morgan fingerprint density at radius 1 is 0.811 bits per heavy atom. The van der Waals surface area contributed by atoms with Crippen molar-refractivity contribution in [3.05, 3.63) is 126 Å². The van der Waals surface area contributed by atoms with Crippen LogP contribution in [0.15, 0.2) is 114 Å². The van der Waals surface area contributed by atoms with Crippen molar-refractivity contribution in [1.82, 2.24) is 0 Å². The Bertz CT molecular complexity index is 1410. The number of hydrogen-bond acceptors (Lipinski definition) is 3. The number of allylic oxidation sites excluding steroid dienone is 1. The van der Waals surface area contributed by atoms with Crippen molar-refractivity contribution in [3.63, 3.8) is 0 Å². The van der Waals surface area contributed by atoms with Crippen molar-refractivity contribution in [2.45, 2.75) is 26.7 Å². The molecular weight excluding hydrogens is 458 g/mol. The van der Waals surface area contributed by atoms with Gasteiger partial charge < -0.3 is 9.84 Å². The van der Waals surface area contributed by atoms with Gasteiger partial charge in [0.25, 0.3) is 0 Å². The molecule has 4 aromatic carbocycles. The Kier molecular flexibility index (Phi) is 8.66. The third-order valence-electron chi connectivity index (χ3n) is 6.06. The zero-order valence-electron chi connectivity index (χ0n) is 21.2. The first-order valence-corrected chi connectivity index (χ1v) is 12.5. The second-order valence-electron chi connectivity index (χ2n) is 8.76. The van der Waals surface area contributed by atoms with Crippen LogP contribution in [0.1, 0.15) is 43.4 Å². The molecule has 0 aromatic heterocycles. The lowest BCUT2D eigenvalue weighted by molar-refractivity contribution is -0.139. The summed E-state index contributed by atoms with van der Waals surface area (Å²) in [6.07, 6.45) is 1.92. The lowest BCUT2D eigenvalue weighted by Gasteiger charge is -2.16. The molecule has 0 heterocycles. The van der Waals surface area contributed by atoms with Gasteiger partial charge in [-0.1, -0.05) is 110 Å². The summed E-state index contributed by atoms with van der Waals surface area (Å²) in [5, 5.41) is 8.98. The minimum atomic E-state index is -1.00. The molecule has 0 aliphatic carbocycles.